The van der Waals surface area contributed by atoms with Crippen LogP contribution in [-0.4, -0.2) is 60.8 Å². The van der Waals surface area contributed by atoms with Gasteiger partial charge in [0, 0.05) is 6.54 Å². The molecule has 9 heteroatoms. The Bertz CT molecular complexity index is 590. The molecule has 21 heavy (non-hydrogen) atoms. The zero-order valence-electron chi connectivity index (χ0n) is 11.9. The summed E-state index contributed by atoms with van der Waals surface area (Å²) in [7, 11) is -3.87. The average Bonchev–Trinajstić information content (AvgIpc) is 2.96. The third-order valence-electron chi connectivity index (χ3n) is 3.82. The van der Waals surface area contributed by atoms with E-state index in [0.29, 0.717) is 6.54 Å². The van der Waals surface area contributed by atoms with Crippen molar-refractivity contribution in [2.24, 2.45) is 5.92 Å². The molecule has 8 nitrogen and oxygen atoms in total. The summed E-state index contributed by atoms with van der Waals surface area (Å²) < 4.78 is 26.7. The van der Waals surface area contributed by atoms with Gasteiger partial charge in [-0.15, -0.1) is 0 Å². The second kappa shape index (κ2) is 6.54. The van der Waals surface area contributed by atoms with Gasteiger partial charge in [-0.1, -0.05) is 6.92 Å². The molecule has 0 aromatic carbocycles. The fraction of sp³-hybridized carbons (Fsp3) is 0.667. The van der Waals surface area contributed by atoms with Crippen molar-refractivity contribution in [1.29, 1.82) is 0 Å². The first kappa shape index (κ1) is 15.9. The van der Waals surface area contributed by atoms with Crippen molar-refractivity contribution in [3.05, 3.63) is 11.8 Å². The number of carbonyl (C=O) groups is 1. The van der Waals surface area contributed by atoms with Crippen molar-refractivity contribution < 1.29 is 18.3 Å². The van der Waals surface area contributed by atoms with Crippen molar-refractivity contribution in [3.63, 3.8) is 0 Å². The highest BCUT2D eigenvalue weighted by molar-refractivity contribution is 7.89. The first-order valence-corrected chi connectivity index (χ1v) is 8.41. The summed E-state index contributed by atoms with van der Waals surface area (Å²) in [4.78, 5) is 13.3. The number of rotatable bonds is 6. The molecule has 1 aliphatic rings. The highest BCUT2D eigenvalue weighted by Gasteiger charge is 2.26. The van der Waals surface area contributed by atoms with Crippen LogP contribution < -0.4 is 4.72 Å². The maximum Gasteiger partial charge on any atom is 0.340 e. The number of aromatic nitrogens is 2. The average molecular weight is 316 g/mol. The minimum Gasteiger partial charge on any atom is -0.478 e. The lowest BCUT2D eigenvalue weighted by atomic mass is 9.97. The van der Waals surface area contributed by atoms with E-state index in [2.05, 4.69) is 26.7 Å². The van der Waals surface area contributed by atoms with E-state index in [-0.39, 0.29) is 16.5 Å². The van der Waals surface area contributed by atoms with Gasteiger partial charge in [0.1, 0.15) is 5.56 Å². The van der Waals surface area contributed by atoms with E-state index in [0.717, 1.165) is 38.7 Å². The second-order valence-corrected chi connectivity index (χ2v) is 6.85. The van der Waals surface area contributed by atoms with Gasteiger partial charge < -0.3 is 10.0 Å². The quantitative estimate of drug-likeness (QED) is 0.686. The molecule has 0 radical (unpaired) electrons. The lowest BCUT2D eigenvalue weighted by Gasteiger charge is -2.30. The predicted octanol–water partition coefficient (Wildman–Crippen LogP) is 0.118. The van der Waals surface area contributed by atoms with Gasteiger partial charge in [-0.05, 0) is 38.4 Å². The number of hydrogen-bond donors (Lipinski definition) is 3. The van der Waals surface area contributed by atoms with Crippen LogP contribution >= 0.6 is 0 Å². The fourth-order valence-corrected chi connectivity index (χ4v) is 3.64. The van der Waals surface area contributed by atoms with Crippen molar-refractivity contribution in [2.45, 2.75) is 24.8 Å². The van der Waals surface area contributed by atoms with E-state index in [4.69, 9.17) is 5.11 Å². The Hall–Kier alpha value is -1.45. The van der Waals surface area contributed by atoms with Crippen LogP contribution in [0.4, 0.5) is 0 Å². The van der Waals surface area contributed by atoms with Crippen molar-refractivity contribution in [2.75, 3.05) is 26.2 Å². The van der Waals surface area contributed by atoms with Crippen LogP contribution in [0.1, 0.15) is 30.1 Å². The van der Waals surface area contributed by atoms with Gasteiger partial charge in [-0.3, -0.25) is 5.10 Å². The van der Waals surface area contributed by atoms with Crippen LogP contribution in [0.25, 0.3) is 0 Å². The first-order chi connectivity index (χ1) is 9.94. The topological polar surface area (TPSA) is 115 Å². The number of carboxylic acid groups (broad SMARTS) is 1. The van der Waals surface area contributed by atoms with Crippen LogP contribution in [0.15, 0.2) is 11.2 Å². The Morgan fingerprint density at radius 1 is 1.52 bits per heavy atom. The molecule has 1 aromatic heterocycles. The van der Waals surface area contributed by atoms with E-state index in [9.17, 15) is 13.2 Å². The first-order valence-electron chi connectivity index (χ1n) is 6.92. The standard InChI is InChI=1S/C12H20N4O4S/c1-2-16-5-3-9(4-6-16)7-14-21(19,20)11-10(12(17)18)8-13-15-11/h8-9,14H,2-7H2,1H3,(H,13,15)(H,17,18). The highest BCUT2D eigenvalue weighted by atomic mass is 32.2. The lowest BCUT2D eigenvalue weighted by molar-refractivity contribution is 0.0692. The number of nitrogens with one attached hydrogen (secondary N) is 2. The third-order valence-corrected chi connectivity index (χ3v) is 5.22. The number of hydrogen-bond acceptors (Lipinski definition) is 5. The Balaban J connectivity index is 1.96. The zero-order chi connectivity index (χ0) is 15.5. The van der Waals surface area contributed by atoms with Crippen molar-refractivity contribution in [1.82, 2.24) is 19.8 Å². The molecule has 2 heterocycles. The van der Waals surface area contributed by atoms with Crippen molar-refractivity contribution >= 4 is 16.0 Å². The molecule has 0 spiro atoms. The number of likely N-dealkylation sites (tertiary alicyclic amines) is 1. The highest BCUT2D eigenvalue weighted by Crippen LogP contribution is 2.17. The van der Waals surface area contributed by atoms with E-state index >= 15 is 0 Å². The number of piperidine rings is 1. The summed E-state index contributed by atoms with van der Waals surface area (Å²) in [6.45, 7) is 5.36. The number of nitrogens with zero attached hydrogens (tertiary/aromatic N) is 2. The molecule has 0 saturated carbocycles. The molecule has 0 aliphatic carbocycles. The van der Waals surface area contributed by atoms with Crippen LogP contribution in [0.2, 0.25) is 0 Å². The molecule has 3 N–H and O–H groups in total. The fourth-order valence-electron chi connectivity index (χ4n) is 2.44. The minimum atomic E-state index is -3.87. The Morgan fingerprint density at radius 3 is 2.76 bits per heavy atom. The molecule has 1 aliphatic heterocycles. The van der Waals surface area contributed by atoms with Gasteiger partial charge in [0.15, 0.2) is 5.03 Å². The smallest absolute Gasteiger partial charge is 0.340 e. The molecular formula is C12H20N4O4S. The number of aromatic amines is 1. The number of sulfonamides is 1. The molecule has 0 unspecified atom stereocenters. The summed E-state index contributed by atoms with van der Waals surface area (Å²) in [6, 6.07) is 0. The lowest BCUT2D eigenvalue weighted by Crippen LogP contribution is -2.38. The SMILES string of the molecule is CCN1CCC(CNS(=O)(=O)c2[nH]ncc2C(=O)O)CC1. The number of aromatic carboxylic acids is 1. The minimum absolute atomic E-state index is 0.277. The predicted molar refractivity (Wildman–Crippen MR) is 75.6 cm³/mol. The van der Waals surface area contributed by atoms with E-state index in [1.54, 1.807) is 0 Å². The molecule has 1 aromatic rings. The summed E-state index contributed by atoms with van der Waals surface area (Å²) >= 11 is 0. The Labute approximate surface area is 123 Å². The zero-order valence-corrected chi connectivity index (χ0v) is 12.7. The number of H-pyrrole nitrogens is 1. The summed E-state index contributed by atoms with van der Waals surface area (Å²) in [5.41, 5.74) is -0.344. The number of carboxylic acids is 1. The summed E-state index contributed by atoms with van der Waals surface area (Å²) in [6.07, 6.45) is 2.87. The Kier molecular flexibility index (Phi) is 4.96. The van der Waals surface area contributed by atoms with Gasteiger partial charge in [-0.25, -0.2) is 17.9 Å². The molecular weight excluding hydrogens is 296 g/mol. The van der Waals surface area contributed by atoms with Crippen LogP contribution in [-0.2, 0) is 10.0 Å². The molecule has 0 amide bonds. The van der Waals surface area contributed by atoms with Gasteiger partial charge in [0.2, 0.25) is 0 Å². The molecule has 2 rings (SSSR count). The normalized spacial score (nSPS) is 18.0. The molecule has 1 fully saturated rings. The van der Waals surface area contributed by atoms with Crippen molar-refractivity contribution in [3.8, 4) is 0 Å². The molecule has 1 saturated heterocycles. The third kappa shape index (κ3) is 3.80. The molecule has 118 valence electrons. The second-order valence-electron chi connectivity index (χ2n) is 5.15. The summed E-state index contributed by atoms with van der Waals surface area (Å²) in [5.74, 6) is -1.04. The van der Waals surface area contributed by atoms with Crippen LogP contribution in [0.5, 0.6) is 0 Å². The van der Waals surface area contributed by atoms with Gasteiger partial charge in [0.05, 0.1) is 6.20 Å². The maximum atomic E-state index is 12.1. The van der Waals surface area contributed by atoms with Crippen LogP contribution in [0.3, 0.4) is 0 Å². The van der Waals surface area contributed by atoms with Gasteiger partial charge >= 0.3 is 5.97 Å². The van der Waals surface area contributed by atoms with E-state index in [1.165, 1.54) is 0 Å². The molecule has 0 bridgehead atoms. The van der Waals surface area contributed by atoms with Gasteiger partial charge in [0.25, 0.3) is 10.0 Å². The Morgan fingerprint density at radius 2 is 2.19 bits per heavy atom. The van der Waals surface area contributed by atoms with Gasteiger partial charge in [-0.2, -0.15) is 5.10 Å². The largest absolute Gasteiger partial charge is 0.478 e. The van der Waals surface area contributed by atoms with E-state index in [1.807, 2.05) is 0 Å². The monoisotopic (exact) mass is 316 g/mol. The van der Waals surface area contributed by atoms with E-state index < -0.39 is 16.0 Å². The molecule has 0 atom stereocenters. The van der Waals surface area contributed by atoms with Crippen LogP contribution in [0, 0.1) is 5.92 Å². The maximum absolute atomic E-state index is 12.1. The summed E-state index contributed by atoms with van der Waals surface area (Å²) in [5, 5.41) is 14.3.